The summed E-state index contributed by atoms with van der Waals surface area (Å²) in [7, 11) is 0. The molecule has 0 spiro atoms. The highest BCUT2D eigenvalue weighted by molar-refractivity contribution is 6.11. The Kier molecular flexibility index (Phi) is 6.83. The van der Waals surface area contributed by atoms with E-state index >= 15 is 0 Å². The highest BCUT2D eigenvalue weighted by Gasteiger charge is 2.19. The van der Waals surface area contributed by atoms with Gasteiger partial charge in [-0.15, -0.1) is 0 Å². The van der Waals surface area contributed by atoms with Crippen molar-refractivity contribution in [2.75, 3.05) is 0 Å². The monoisotopic (exact) mass is 729 g/mol. The van der Waals surface area contributed by atoms with Gasteiger partial charge in [0.05, 0.1) is 22.1 Å². The normalized spacial score (nSPS) is 11.9. The molecule has 0 fully saturated rings. The molecule has 0 unspecified atom stereocenters. The molecule has 0 saturated heterocycles. The van der Waals surface area contributed by atoms with E-state index in [2.05, 4.69) is 173 Å². The molecule has 0 amide bonds. The predicted octanol–water partition coefficient (Wildman–Crippen LogP) is 13.0. The van der Waals surface area contributed by atoms with Crippen molar-refractivity contribution in [2.24, 2.45) is 0 Å². The van der Waals surface area contributed by atoms with Crippen LogP contribution in [-0.2, 0) is 0 Å². The maximum absolute atomic E-state index is 6.33. The molecular formula is C51H31N5O. The molecule has 0 saturated carbocycles. The fourth-order valence-corrected chi connectivity index (χ4v) is 8.56. The summed E-state index contributed by atoms with van der Waals surface area (Å²) >= 11 is 0. The summed E-state index contributed by atoms with van der Waals surface area (Å²) in [4.78, 5) is 15.7. The van der Waals surface area contributed by atoms with E-state index in [1.54, 1.807) is 0 Å². The number of fused-ring (bicyclic) bond motifs is 9. The lowest BCUT2D eigenvalue weighted by Gasteiger charge is -2.11. The van der Waals surface area contributed by atoms with E-state index in [0.717, 1.165) is 72.1 Å². The lowest BCUT2D eigenvalue weighted by Crippen LogP contribution is -2.01. The van der Waals surface area contributed by atoms with Crippen molar-refractivity contribution in [1.82, 2.24) is 24.1 Å². The van der Waals surface area contributed by atoms with Crippen molar-refractivity contribution in [3.05, 3.63) is 188 Å². The summed E-state index contributed by atoms with van der Waals surface area (Å²) in [6.07, 6.45) is 0. The Morgan fingerprint density at radius 3 is 1.21 bits per heavy atom. The smallest absolute Gasteiger partial charge is 0.164 e. The zero-order valence-corrected chi connectivity index (χ0v) is 30.5. The Balaban J connectivity index is 1.10. The fourth-order valence-electron chi connectivity index (χ4n) is 8.56. The number of furan rings is 1. The number of aromatic nitrogens is 5. The Morgan fingerprint density at radius 1 is 0.298 bits per heavy atom. The average molecular weight is 730 g/mol. The molecule has 4 heterocycles. The van der Waals surface area contributed by atoms with Crippen molar-refractivity contribution in [1.29, 1.82) is 0 Å². The zero-order chi connectivity index (χ0) is 37.5. The van der Waals surface area contributed by atoms with E-state index in [9.17, 15) is 0 Å². The van der Waals surface area contributed by atoms with Crippen LogP contribution in [0.4, 0.5) is 0 Å². The maximum Gasteiger partial charge on any atom is 0.164 e. The molecule has 0 N–H and O–H groups in total. The van der Waals surface area contributed by atoms with Crippen molar-refractivity contribution in [3.8, 4) is 45.5 Å². The summed E-state index contributed by atoms with van der Waals surface area (Å²) in [6, 6.07) is 65.6. The van der Waals surface area contributed by atoms with Gasteiger partial charge in [0.15, 0.2) is 17.5 Å². The number of para-hydroxylation sites is 5. The van der Waals surface area contributed by atoms with Crippen LogP contribution in [0.5, 0.6) is 0 Å². The summed E-state index contributed by atoms with van der Waals surface area (Å²) in [6.45, 7) is 0. The Morgan fingerprint density at radius 2 is 0.684 bits per heavy atom. The van der Waals surface area contributed by atoms with E-state index < -0.39 is 0 Å². The second-order valence-electron chi connectivity index (χ2n) is 14.5. The number of benzene rings is 8. The first-order valence-corrected chi connectivity index (χ1v) is 19.1. The van der Waals surface area contributed by atoms with Crippen LogP contribution < -0.4 is 0 Å². The predicted molar refractivity (Wildman–Crippen MR) is 232 cm³/mol. The van der Waals surface area contributed by atoms with E-state index in [1.165, 1.54) is 21.5 Å². The highest BCUT2D eigenvalue weighted by Crippen LogP contribution is 2.38. The van der Waals surface area contributed by atoms with Crippen molar-refractivity contribution in [3.63, 3.8) is 0 Å². The Labute approximate surface area is 326 Å². The van der Waals surface area contributed by atoms with Gasteiger partial charge in [-0.1, -0.05) is 121 Å². The average Bonchev–Trinajstić information content (AvgIpc) is 3.93. The van der Waals surface area contributed by atoms with Crippen LogP contribution in [0.2, 0.25) is 0 Å². The molecule has 0 radical (unpaired) electrons. The molecule has 0 atom stereocenters. The van der Waals surface area contributed by atoms with Crippen molar-refractivity contribution < 1.29 is 4.42 Å². The van der Waals surface area contributed by atoms with Gasteiger partial charge in [-0.3, -0.25) is 0 Å². The molecule has 57 heavy (non-hydrogen) atoms. The van der Waals surface area contributed by atoms with Crippen LogP contribution in [0.1, 0.15) is 0 Å². The first-order valence-electron chi connectivity index (χ1n) is 19.1. The first-order chi connectivity index (χ1) is 28.2. The topological polar surface area (TPSA) is 61.7 Å². The van der Waals surface area contributed by atoms with Crippen LogP contribution in [0.25, 0.3) is 111 Å². The minimum Gasteiger partial charge on any atom is -0.456 e. The standard InChI is InChI=1S/C51H31N5O/c1-3-13-35(14-4-1)55-43-20-10-7-17-37(43)39-26-23-32(29-45(39)55)49-52-50(54-51(53-49)34-25-28-42-41-19-9-12-22-47(41)57-48(42)31-34)33-24-27-40-38-18-8-11-21-44(38)56(46(40)30-33)36-15-5-2-6-16-36/h1-31H. The van der Waals surface area contributed by atoms with Crippen LogP contribution >= 0.6 is 0 Å². The van der Waals surface area contributed by atoms with Gasteiger partial charge in [0, 0.05) is 60.4 Å². The maximum atomic E-state index is 6.33. The summed E-state index contributed by atoms with van der Waals surface area (Å²) in [5.74, 6) is 1.76. The molecule has 6 nitrogen and oxygen atoms in total. The number of rotatable bonds is 5. The largest absolute Gasteiger partial charge is 0.456 e. The van der Waals surface area contributed by atoms with Gasteiger partial charge < -0.3 is 13.6 Å². The van der Waals surface area contributed by atoms with Gasteiger partial charge in [0.2, 0.25) is 0 Å². The quantitative estimate of drug-likeness (QED) is 0.177. The number of nitrogens with zero attached hydrogens (tertiary/aromatic N) is 5. The van der Waals surface area contributed by atoms with E-state index in [0.29, 0.717) is 17.5 Å². The molecule has 0 bridgehead atoms. The molecule has 0 aliphatic heterocycles. The van der Waals surface area contributed by atoms with E-state index in [4.69, 9.17) is 19.4 Å². The molecule has 12 aromatic rings. The van der Waals surface area contributed by atoms with Gasteiger partial charge in [0.25, 0.3) is 0 Å². The van der Waals surface area contributed by atoms with Crippen molar-refractivity contribution >= 4 is 65.6 Å². The minimum atomic E-state index is 0.574. The van der Waals surface area contributed by atoms with Gasteiger partial charge >= 0.3 is 0 Å². The van der Waals surface area contributed by atoms with E-state index in [-0.39, 0.29) is 0 Å². The third-order valence-corrected chi connectivity index (χ3v) is 11.2. The summed E-state index contributed by atoms with van der Waals surface area (Å²) < 4.78 is 11.0. The Hall–Kier alpha value is -7.83. The minimum absolute atomic E-state index is 0.574. The molecule has 0 aliphatic rings. The van der Waals surface area contributed by atoms with Gasteiger partial charge in [-0.05, 0) is 66.7 Å². The second kappa shape index (κ2) is 12.3. The first kappa shape index (κ1) is 31.5. The SMILES string of the molecule is c1ccc(-n2c3ccccc3c3ccc(-c4nc(-c5ccc6c(c5)oc5ccccc56)nc(-c5ccc6c7ccccc7n(-c7ccccc7)c6c5)n4)cc32)cc1. The van der Waals surface area contributed by atoms with Gasteiger partial charge in [-0.2, -0.15) is 0 Å². The number of hydrogen-bond acceptors (Lipinski definition) is 4. The van der Waals surface area contributed by atoms with Crippen molar-refractivity contribution in [2.45, 2.75) is 0 Å². The lowest BCUT2D eigenvalue weighted by molar-refractivity contribution is 0.669. The van der Waals surface area contributed by atoms with E-state index in [1.807, 2.05) is 24.3 Å². The second-order valence-corrected chi connectivity index (χ2v) is 14.5. The number of hydrogen-bond donors (Lipinski definition) is 0. The Bertz CT molecular complexity index is 3350. The lowest BCUT2D eigenvalue weighted by atomic mass is 10.1. The third-order valence-electron chi connectivity index (χ3n) is 11.2. The molecule has 0 aliphatic carbocycles. The molecule has 12 rings (SSSR count). The molecule has 8 aromatic carbocycles. The van der Waals surface area contributed by atoms with Gasteiger partial charge in [-0.25, -0.2) is 15.0 Å². The summed E-state index contributed by atoms with van der Waals surface area (Å²) in [5.41, 5.74) is 11.0. The van der Waals surface area contributed by atoms with Crippen LogP contribution in [0.15, 0.2) is 192 Å². The molecule has 266 valence electrons. The third kappa shape index (κ3) is 4.94. The zero-order valence-electron chi connectivity index (χ0n) is 30.5. The van der Waals surface area contributed by atoms with Crippen LogP contribution in [-0.4, -0.2) is 24.1 Å². The van der Waals surface area contributed by atoms with Gasteiger partial charge in [0.1, 0.15) is 11.2 Å². The summed E-state index contributed by atoms with van der Waals surface area (Å²) in [5, 5.41) is 6.87. The molecular weight excluding hydrogens is 699 g/mol. The molecule has 4 aromatic heterocycles. The molecule has 6 heteroatoms. The highest BCUT2D eigenvalue weighted by atomic mass is 16.3. The fraction of sp³-hybridized carbons (Fsp3) is 0. The van der Waals surface area contributed by atoms with Crippen LogP contribution in [0, 0.1) is 0 Å². The van der Waals surface area contributed by atoms with Crippen LogP contribution in [0.3, 0.4) is 0 Å².